The van der Waals surface area contributed by atoms with Crippen LogP contribution in [0.25, 0.3) is 0 Å². The van der Waals surface area contributed by atoms with Gasteiger partial charge in [0.05, 0.1) is 0 Å². The van der Waals surface area contributed by atoms with Crippen LogP contribution in [0.5, 0.6) is 0 Å². The molecule has 1 heterocycles. The van der Waals surface area contributed by atoms with Crippen molar-refractivity contribution >= 4 is 21.7 Å². The Hall–Kier alpha value is -0.640. The highest BCUT2D eigenvalue weighted by atomic mass is 79.9. The Balaban J connectivity index is 1.68. The molecule has 4 heteroatoms. The fraction of sp³-hybridized carbons (Fsp3) is 0.733. The van der Waals surface area contributed by atoms with E-state index in [1.54, 1.807) is 0 Å². The van der Waals surface area contributed by atoms with Crippen LogP contribution in [-0.4, -0.2) is 16.0 Å². The van der Waals surface area contributed by atoms with Crippen LogP contribution in [-0.2, 0) is 0 Å². The van der Waals surface area contributed by atoms with E-state index in [1.165, 1.54) is 44.9 Å². The van der Waals surface area contributed by atoms with Gasteiger partial charge in [-0.05, 0) is 54.0 Å². The van der Waals surface area contributed by atoms with Gasteiger partial charge in [-0.3, -0.25) is 0 Å². The van der Waals surface area contributed by atoms with E-state index in [-0.39, 0.29) is 0 Å². The number of hydrogen-bond acceptors (Lipinski definition) is 3. The minimum atomic E-state index is 0.582. The summed E-state index contributed by atoms with van der Waals surface area (Å²) in [6.45, 7) is 2.37. The molecule has 19 heavy (non-hydrogen) atoms. The van der Waals surface area contributed by atoms with Gasteiger partial charge in [-0.25, -0.2) is 9.97 Å². The van der Waals surface area contributed by atoms with E-state index in [0.717, 1.165) is 22.2 Å². The molecule has 1 aromatic heterocycles. The van der Waals surface area contributed by atoms with Gasteiger partial charge in [-0.2, -0.15) is 0 Å². The molecular weight excluding hydrogens is 302 g/mol. The van der Waals surface area contributed by atoms with Gasteiger partial charge in [0.15, 0.2) is 0 Å². The predicted molar refractivity (Wildman–Crippen MR) is 81.4 cm³/mol. The number of hydrogen-bond donors (Lipinski definition) is 1. The number of rotatable bonds is 3. The van der Waals surface area contributed by atoms with Crippen molar-refractivity contribution < 1.29 is 0 Å². The van der Waals surface area contributed by atoms with Gasteiger partial charge >= 0.3 is 0 Å². The summed E-state index contributed by atoms with van der Waals surface area (Å²) in [6, 6.07) is 2.60. The van der Waals surface area contributed by atoms with Gasteiger partial charge in [0, 0.05) is 18.0 Å². The Labute approximate surface area is 123 Å². The summed E-state index contributed by atoms with van der Waals surface area (Å²) in [7, 11) is 0. The SMILES string of the molecule is CC1CCCC(Nc2cc(Br)nc(C3CC3)n2)CC1. The largest absolute Gasteiger partial charge is 0.367 e. The topological polar surface area (TPSA) is 37.8 Å². The number of halogens is 1. The molecule has 1 N–H and O–H groups in total. The van der Waals surface area contributed by atoms with Crippen LogP contribution < -0.4 is 5.32 Å². The summed E-state index contributed by atoms with van der Waals surface area (Å²) in [5, 5.41) is 3.62. The van der Waals surface area contributed by atoms with E-state index in [9.17, 15) is 0 Å². The van der Waals surface area contributed by atoms with Crippen LogP contribution in [0.15, 0.2) is 10.7 Å². The quantitative estimate of drug-likeness (QED) is 0.657. The lowest BCUT2D eigenvalue weighted by molar-refractivity contribution is 0.501. The third-order valence-corrected chi connectivity index (χ3v) is 4.67. The lowest BCUT2D eigenvalue weighted by Crippen LogP contribution is -2.19. The Morgan fingerprint density at radius 2 is 1.95 bits per heavy atom. The lowest BCUT2D eigenvalue weighted by atomic mass is 10.0. The highest BCUT2D eigenvalue weighted by Crippen LogP contribution is 2.39. The molecule has 2 aliphatic carbocycles. The maximum absolute atomic E-state index is 4.69. The van der Waals surface area contributed by atoms with Crippen LogP contribution in [0.3, 0.4) is 0 Å². The highest BCUT2D eigenvalue weighted by molar-refractivity contribution is 9.10. The second-order valence-corrected chi connectivity index (χ2v) is 6.98. The molecule has 2 aliphatic rings. The van der Waals surface area contributed by atoms with Crippen molar-refractivity contribution in [3.63, 3.8) is 0 Å². The van der Waals surface area contributed by atoms with Crippen LogP contribution in [0.1, 0.15) is 63.6 Å². The molecule has 0 aliphatic heterocycles. The minimum absolute atomic E-state index is 0.582. The van der Waals surface area contributed by atoms with Gasteiger partial charge < -0.3 is 5.32 Å². The number of anilines is 1. The zero-order valence-electron chi connectivity index (χ0n) is 11.5. The maximum atomic E-state index is 4.69. The fourth-order valence-electron chi connectivity index (χ4n) is 2.87. The second kappa shape index (κ2) is 5.78. The molecule has 0 aromatic carbocycles. The summed E-state index contributed by atoms with van der Waals surface area (Å²) in [5.74, 6) is 3.50. The number of nitrogens with zero attached hydrogens (tertiary/aromatic N) is 2. The van der Waals surface area contributed by atoms with E-state index < -0.39 is 0 Å². The minimum Gasteiger partial charge on any atom is -0.367 e. The van der Waals surface area contributed by atoms with E-state index >= 15 is 0 Å². The molecule has 0 spiro atoms. The number of aromatic nitrogens is 2. The molecule has 0 radical (unpaired) electrons. The molecule has 2 saturated carbocycles. The molecule has 2 atom stereocenters. The first kappa shape index (κ1) is 13.3. The standard InChI is InChI=1S/C15H22BrN3/c1-10-3-2-4-12(8-5-10)17-14-9-13(16)18-15(19-14)11-6-7-11/h9-12H,2-8H2,1H3,(H,17,18,19). The molecule has 2 fully saturated rings. The summed E-state index contributed by atoms with van der Waals surface area (Å²) < 4.78 is 0.911. The molecule has 0 bridgehead atoms. The molecule has 0 saturated heterocycles. The number of nitrogens with one attached hydrogen (secondary N) is 1. The van der Waals surface area contributed by atoms with E-state index in [0.29, 0.717) is 12.0 Å². The van der Waals surface area contributed by atoms with Gasteiger partial charge in [-0.1, -0.05) is 19.8 Å². The van der Waals surface area contributed by atoms with E-state index in [4.69, 9.17) is 0 Å². The van der Waals surface area contributed by atoms with Crippen molar-refractivity contribution in [2.45, 2.75) is 63.8 Å². The fourth-order valence-corrected chi connectivity index (χ4v) is 3.27. The average Bonchev–Trinajstić information content (AvgIpc) is 3.18. The first-order valence-electron chi connectivity index (χ1n) is 7.51. The van der Waals surface area contributed by atoms with Gasteiger partial charge in [-0.15, -0.1) is 0 Å². The molecule has 3 rings (SSSR count). The van der Waals surface area contributed by atoms with Gasteiger partial charge in [0.25, 0.3) is 0 Å². The third kappa shape index (κ3) is 3.68. The summed E-state index contributed by atoms with van der Waals surface area (Å²) in [4.78, 5) is 9.17. The second-order valence-electron chi connectivity index (χ2n) is 6.16. The first-order chi connectivity index (χ1) is 9.20. The smallest absolute Gasteiger partial charge is 0.135 e. The van der Waals surface area contributed by atoms with E-state index in [2.05, 4.69) is 38.1 Å². The highest BCUT2D eigenvalue weighted by Gasteiger charge is 2.27. The van der Waals surface area contributed by atoms with Crippen LogP contribution in [0.2, 0.25) is 0 Å². The zero-order valence-corrected chi connectivity index (χ0v) is 13.1. The van der Waals surface area contributed by atoms with Gasteiger partial charge in [0.1, 0.15) is 16.2 Å². The zero-order chi connectivity index (χ0) is 13.2. The first-order valence-corrected chi connectivity index (χ1v) is 8.31. The Morgan fingerprint density at radius 3 is 2.74 bits per heavy atom. The van der Waals surface area contributed by atoms with Crippen molar-refractivity contribution in [2.24, 2.45) is 5.92 Å². The van der Waals surface area contributed by atoms with E-state index in [1.807, 2.05) is 6.07 Å². The Kier molecular flexibility index (Phi) is 4.06. The lowest BCUT2D eigenvalue weighted by Gasteiger charge is -2.17. The maximum Gasteiger partial charge on any atom is 0.135 e. The predicted octanol–water partition coefficient (Wildman–Crippen LogP) is 4.50. The molecule has 3 nitrogen and oxygen atoms in total. The molecular formula is C15H22BrN3. The van der Waals surface area contributed by atoms with Crippen LogP contribution >= 0.6 is 15.9 Å². The van der Waals surface area contributed by atoms with Crippen LogP contribution in [0, 0.1) is 5.92 Å². The van der Waals surface area contributed by atoms with Crippen molar-refractivity contribution in [1.82, 2.24) is 9.97 Å². The summed E-state index contributed by atoms with van der Waals surface area (Å²) in [5.41, 5.74) is 0. The normalized spacial score (nSPS) is 27.9. The third-order valence-electron chi connectivity index (χ3n) is 4.26. The van der Waals surface area contributed by atoms with Crippen molar-refractivity contribution in [1.29, 1.82) is 0 Å². The monoisotopic (exact) mass is 323 g/mol. The molecule has 0 amide bonds. The molecule has 104 valence electrons. The van der Waals surface area contributed by atoms with Gasteiger partial charge in [0.2, 0.25) is 0 Å². The van der Waals surface area contributed by atoms with Crippen LogP contribution in [0.4, 0.5) is 5.82 Å². The van der Waals surface area contributed by atoms with Crippen molar-refractivity contribution in [3.8, 4) is 0 Å². The summed E-state index contributed by atoms with van der Waals surface area (Å²) >= 11 is 3.51. The Morgan fingerprint density at radius 1 is 1.11 bits per heavy atom. The average molecular weight is 324 g/mol. The Bertz CT molecular complexity index is 445. The summed E-state index contributed by atoms with van der Waals surface area (Å²) in [6.07, 6.45) is 9.07. The molecule has 1 aromatic rings. The molecule has 2 unspecified atom stereocenters. The van der Waals surface area contributed by atoms with Crippen molar-refractivity contribution in [3.05, 3.63) is 16.5 Å². The van der Waals surface area contributed by atoms with Crippen molar-refractivity contribution in [2.75, 3.05) is 5.32 Å².